The van der Waals surface area contributed by atoms with Gasteiger partial charge in [0.1, 0.15) is 0 Å². The van der Waals surface area contributed by atoms with Crippen molar-refractivity contribution in [3.8, 4) is 0 Å². The highest BCUT2D eigenvalue weighted by atomic mass is 16.2. The first-order valence-corrected chi connectivity index (χ1v) is 5.97. The lowest BCUT2D eigenvalue weighted by Gasteiger charge is -2.24. The molecule has 0 spiro atoms. The van der Waals surface area contributed by atoms with E-state index >= 15 is 0 Å². The second kappa shape index (κ2) is 5.09. The average molecular weight is 259 g/mol. The minimum absolute atomic E-state index is 0.0723. The maximum absolute atomic E-state index is 12.3. The van der Waals surface area contributed by atoms with E-state index in [4.69, 9.17) is 5.73 Å². The van der Waals surface area contributed by atoms with Crippen LogP contribution in [0.1, 0.15) is 29.0 Å². The summed E-state index contributed by atoms with van der Waals surface area (Å²) in [5.41, 5.74) is 7.47. The third-order valence-electron chi connectivity index (χ3n) is 3.15. The van der Waals surface area contributed by atoms with Crippen LogP contribution in [-0.4, -0.2) is 32.6 Å². The molecule has 2 heterocycles. The molecule has 1 atom stereocenters. The Bertz CT molecular complexity index is 578. The third-order valence-corrected chi connectivity index (χ3v) is 3.15. The highest BCUT2D eigenvalue weighted by Crippen LogP contribution is 2.21. The van der Waals surface area contributed by atoms with Gasteiger partial charge in [-0.05, 0) is 24.6 Å². The zero-order chi connectivity index (χ0) is 14.0. The van der Waals surface area contributed by atoms with Crippen molar-refractivity contribution in [2.24, 2.45) is 7.05 Å². The molecule has 0 saturated heterocycles. The van der Waals surface area contributed by atoms with Crippen LogP contribution in [0, 0.1) is 0 Å². The van der Waals surface area contributed by atoms with Crippen molar-refractivity contribution in [2.75, 3.05) is 12.8 Å². The number of hydrogen-bond donors (Lipinski definition) is 1. The Morgan fingerprint density at radius 1 is 1.42 bits per heavy atom. The van der Waals surface area contributed by atoms with Crippen molar-refractivity contribution < 1.29 is 4.79 Å². The van der Waals surface area contributed by atoms with Crippen LogP contribution < -0.4 is 5.73 Å². The Hall–Kier alpha value is -2.37. The minimum atomic E-state index is -0.192. The normalized spacial score (nSPS) is 12.2. The van der Waals surface area contributed by atoms with Crippen LogP contribution in [0.3, 0.4) is 0 Å². The molecule has 19 heavy (non-hydrogen) atoms. The first kappa shape index (κ1) is 13.1. The van der Waals surface area contributed by atoms with E-state index in [0.29, 0.717) is 5.69 Å². The predicted molar refractivity (Wildman–Crippen MR) is 72.4 cm³/mol. The molecule has 0 aliphatic heterocycles. The standard InChI is InChI=1S/C13H17N5O/c1-9(10-4-6-15-7-5-10)18(3)13(19)12-11(14)8-17(2)16-12/h4-9H,14H2,1-3H3. The summed E-state index contributed by atoms with van der Waals surface area (Å²) >= 11 is 0. The van der Waals surface area contributed by atoms with Gasteiger partial charge in [0.05, 0.1) is 11.7 Å². The van der Waals surface area contributed by atoms with E-state index < -0.39 is 0 Å². The van der Waals surface area contributed by atoms with Crippen LogP contribution in [0.25, 0.3) is 0 Å². The van der Waals surface area contributed by atoms with Gasteiger partial charge in [-0.25, -0.2) is 0 Å². The fraction of sp³-hybridized carbons (Fsp3) is 0.308. The largest absolute Gasteiger partial charge is 0.396 e. The van der Waals surface area contributed by atoms with Gasteiger partial charge in [0, 0.05) is 32.7 Å². The SMILES string of the molecule is CC(c1ccncc1)N(C)C(=O)c1nn(C)cc1N. The molecule has 2 N–H and O–H groups in total. The number of hydrogen-bond acceptors (Lipinski definition) is 4. The summed E-state index contributed by atoms with van der Waals surface area (Å²) < 4.78 is 1.54. The van der Waals surface area contributed by atoms with E-state index in [2.05, 4.69) is 10.1 Å². The predicted octanol–water partition coefficient (Wildman–Crippen LogP) is 1.23. The molecule has 2 aromatic rings. The summed E-state index contributed by atoms with van der Waals surface area (Å²) in [4.78, 5) is 17.9. The van der Waals surface area contributed by atoms with Crippen molar-refractivity contribution >= 4 is 11.6 Å². The van der Waals surface area contributed by atoms with E-state index in [1.54, 1.807) is 37.6 Å². The summed E-state index contributed by atoms with van der Waals surface area (Å²) in [5.74, 6) is -0.192. The monoisotopic (exact) mass is 259 g/mol. The van der Waals surface area contributed by atoms with E-state index in [-0.39, 0.29) is 17.6 Å². The number of pyridine rings is 1. The maximum Gasteiger partial charge on any atom is 0.276 e. The van der Waals surface area contributed by atoms with Gasteiger partial charge in [-0.3, -0.25) is 14.5 Å². The molecular formula is C13H17N5O. The van der Waals surface area contributed by atoms with Crippen molar-refractivity contribution in [1.29, 1.82) is 0 Å². The number of nitrogen functional groups attached to an aromatic ring is 1. The van der Waals surface area contributed by atoms with Gasteiger partial charge in [0.15, 0.2) is 5.69 Å². The van der Waals surface area contributed by atoms with Crippen molar-refractivity contribution in [3.05, 3.63) is 42.0 Å². The summed E-state index contributed by atoms with van der Waals surface area (Å²) in [5, 5.41) is 4.10. The van der Waals surface area contributed by atoms with E-state index in [0.717, 1.165) is 5.56 Å². The average Bonchev–Trinajstić information content (AvgIpc) is 2.76. The van der Waals surface area contributed by atoms with Crippen LogP contribution in [0.2, 0.25) is 0 Å². The van der Waals surface area contributed by atoms with Gasteiger partial charge in [0.2, 0.25) is 0 Å². The minimum Gasteiger partial charge on any atom is -0.396 e. The summed E-state index contributed by atoms with van der Waals surface area (Å²) in [6.07, 6.45) is 5.04. The number of carbonyl (C=O) groups excluding carboxylic acids is 1. The molecule has 1 unspecified atom stereocenters. The Morgan fingerprint density at radius 2 is 2.05 bits per heavy atom. The summed E-state index contributed by atoms with van der Waals surface area (Å²) in [6.45, 7) is 1.95. The van der Waals surface area contributed by atoms with Gasteiger partial charge in [-0.1, -0.05) is 0 Å². The van der Waals surface area contributed by atoms with Crippen molar-refractivity contribution in [3.63, 3.8) is 0 Å². The van der Waals surface area contributed by atoms with Gasteiger partial charge in [-0.2, -0.15) is 5.10 Å². The van der Waals surface area contributed by atoms with Gasteiger partial charge in [-0.15, -0.1) is 0 Å². The molecule has 0 radical (unpaired) electrons. The number of aryl methyl sites for hydroxylation is 1. The summed E-state index contributed by atoms with van der Waals surface area (Å²) in [6, 6.07) is 3.70. The number of amides is 1. The van der Waals surface area contributed by atoms with E-state index in [1.165, 1.54) is 4.68 Å². The molecule has 2 rings (SSSR count). The smallest absolute Gasteiger partial charge is 0.276 e. The maximum atomic E-state index is 12.3. The first-order valence-electron chi connectivity index (χ1n) is 5.97. The molecule has 100 valence electrons. The highest BCUT2D eigenvalue weighted by molar-refractivity contribution is 5.97. The van der Waals surface area contributed by atoms with Gasteiger partial charge >= 0.3 is 0 Å². The number of rotatable bonds is 3. The Balaban J connectivity index is 2.22. The number of nitrogens with two attached hydrogens (primary N) is 1. The van der Waals surface area contributed by atoms with Gasteiger partial charge < -0.3 is 10.6 Å². The number of carbonyl (C=O) groups is 1. The van der Waals surface area contributed by atoms with Crippen molar-refractivity contribution in [2.45, 2.75) is 13.0 Å². The quantitative estimate of drug-likeness (QED) is 0.899. The lowest BCUT2D eigenvalue weighted by atomic mass is 10.1. The molecule has 0 aromatic carbocycles. The molecule has 6 heteroatoms. The second-order valence-corrected chi connectivity index (χ2v) is 4.48. The molecular weight excluding hydrogens is 242 g/mol. The zero-order valence-electron chi connectivity index (χ0n) is 11.2. The first-order chi connectivity index (χ1) is 9.00. The zero-order valence-corrected chi connectivity index (χ0v) is 11.2. The number of aromatic nitrogens is 3. The van der Waals surface area contributed by atoms with Crippen LogP contribution in [0.4, 0.5) is 5.69 Å². The van der Waals surface area contributed by atoms with Crippen LogP contribution >= 0.6 is 0 Å². The lowest BCUT2D eigenvalue weighted by Crippen LogP contribution is -2.30. The molecule has 0 aliphatic carbocycles. The van der Waals surface area contributed by atoms with Crippen LogP contribution in [-0.2, 0) is 7.05 Å². The Labute approximate surface area is 111 Å². The summed E-state index contributed by atoms with van der Waals surface area (Å²) in [7, 11) is 3.47. The number of nitrogens with zero attached hydrogens (tertiary/aromatic N) is 4. The Morgan fingerprint density at radius 3 is 2.58 bits per heavy atom. The molecule has 2 aromatic heterocycles. The fourth-order valence-electron chi connectivity index (χ4n) is 1.88. The van der Waals surface area contributed by atoms with Crippen LogP contribution in [0.5, 0.6) is 0 Å². The lowest BCUT2D eigenvalue weighted by molar-refractivity contribution is 0.0737. The molecule has 1 amide bonds. The second-order valence-electron chi connectivity index (χ2n) is 4.48. The highest BCUT2D eigenvalue weighted by Gasteiger charge is 2.23. The molecule has 0 fully saturated rings. The van der Waals surface area contributed by atoms with E-state index in [9.17, 15) is 4.79 Å². The van der Waals surface area contributed by atoms with Gasteiger partial charge in [0.25, 0.3) is 5.91 Å². The Kier molecular flexibility index (Phi) is 3.50. The van der Waals surface area contributed by atoms with Crippen molar-refractivity contribution in [1.82, 2.24) is 19.7 Å². The third kappa shape index (κ3) is 2.57. The molecule has 0 aliphatic rings. The molecule has 0 saturated carbocycles. The molecule has 0 bridgehead atoms. The molecule has 6 nitrogen and oxygen atoms in total. The van der Waals surface area contributed by atoms with Crippen LogP contribution in [0.15, 0.2) is 30.7 Å². The number of anilines is 1. The fourth-order valence-corrected chi connectivity index (χ4v) is 1.88. The van der Waals surface area contributed by atoms with E-state index in [1.807, 2.05) is 19.1 Å². The topological polar surface area (TPSA) is 77.0 Å².